The van der Waals surface area contributed by atoms with Gasteiger partial charge in [-0.05, 0) is 24.6 Å². The lowest BCUT2D eigenvalue weighted by atomic mass is 10.2. The summed E-state index contributed by atoms with van der Waals surface area (Å²) < 4.78 is 1.98. The van der Waals surface area contributed by atoms with Gasteiger partial charge in [-0.3, -0.25) is 4.79 Å². The molecule has 31 heavy (non-hydrogen) atoms. The molecule has 1 aromatic heterocycles. The average Bonchev–Trinajstić information content (AvgIpc) is 3.26. The van der Waals surface area contributed by atoms with Crippen LogP contribution in [-0.4, -0.2) is 40.4 Å². The minimum atomic E-state index is -0.235. The third kappa shape index (κ3) is 3.92. The molecule has 0 bridgehead atoms. The van der Waals surface area contributed by atoms with Crippen LogP contribution in [0.3, 0.4) is 0 Å². The fourth-order valence-corrected chi connectivity index (χ4v) is 4.53. The van der Waals surface area contributed by atoms with Gasteiger partial charge in [0.05, 0.1) is 23.7 Å². The first-order chi connectivity index (χ1) is 15.0. The highest BCUT2D eigenvalue weighted by molar-refractivity contribution is 7.99. The molecule has 8 heteroatoms. The van der Waals surface area contributed by atoms with Crippen LogP contribution in [0.15, 0.2) is 71.1 Å². The largest absolute Gasteiger partial charge is 0.328 e. The standard InChI is InChI=1S/C23H22N6OS/c1-16-25-26-23(29(16)14-17-9-5-4-6-10-17)31-15-21(30)18(13-24)22-27(2)19-11-7-8-12-20(19)28(22)3/h4-12H,14-15H2,1-3H3. The van der Waals surface area contributed by atoms with E-state index in [0.717, 1.165) is 22.8 Å². The Morgan fingerprint density at radius 3 is 2.23 bits per heavy atom. The predicted molar refractivity (Wildman–Crippen MR) is 122 cm³/mol. The minimum absolute atomic E-state index is 0.108. The third-order valence-electron chi connectivity index (χ3n) is 5.27. The maximum Gasteiger partial charge on any atom is 0.191 e. The minimum Gasteiger partial charge on any atom is -0.328 e. The van der Waals surface area contributed by atoms with Crippen molar-refractivity contribution in [3.63, 3.8) is 0 Å². The van der Waals surface area contributed by atoms with Gasteiger partial charge in [0.15, 0.2) is 10.9 Å². The molecule has 4 rings (SSSR count). The van der Waals surface area contributed by atoms with Crippen molar-refractivity contribution in [3.8, 4) is 6.07 Å². The SMILES string of the molecule is Cc1nnc(SCC(=O)C(C#N)=C2N(C)c3ccccc3N2C)n1Cc1ccccc1. The highest BCUT2D eigenvalue weighted by Gasteiger charge is 2.31. The number of Topliss-reactive ketones (excluding diaryl/α,β-unsaturated/α-hetero) is 1. The Morgan fingerprint density at radius 1 is 1.00 bits per heavy atom. The highest BCUT2D eigenvalue weighted by Crippen LogP contribution is 2.40. The van der Waals surface area contributed by atoms with Crippen LogP contribution in [0, 0.1) is 18.3 Å². The second kappa shape index (κ2) is 8.66. The molecule has 0 N–H and O–H groups in total. The molecule has 0 spiro atoms. The molecule has 0 saturated carbocycles. The van der Waals surface area contributed by atoms with Crippen molar-refractivity contribution in [3.05, 3.63) is 77.4 Å². The van der Waals surface area contributed by atoms with E-state index >= 15 is 0 Å². The second-order valence-corrected chi connectivity index (χ2v) is 8.17. The molecule has 0 aliphatic carbocycles. The molecular formula is C23H22N6OS. The number of hydrogen-bond acceptors (Lipinski definition) is 7. The van der Waals surface area contributed by atoms with Gasteiger partial charge in [-0.15, -0.1) is 10.2 Å². The summed E-state index contributed by atoms with van der Waals surface area (Å²) in [7, 11) is 3.74. The van der Waals surface area contributed by atoms with Gasteiger partial charge in [-0.25, -0.2) is 0 Å². The van der Waals surface area contributed by atoms with Crippen LogP contribution in [0.5, 0.6) is 0 Å². The normalized spacial score (nSPS) is 12.6. The van der Waals surface area contributed by atoms with E-state index in [1.807, 2.05) is 90.0 Å². The van der Waals surface area contributed by atoms with Crippen molar-refractivity contribution in [2.75, 3.05) is 29.6 Å². The van der Waals surface area contributed by atoms with E-state index in [0.29, 0.717) is 17.5 Å². The van der Waals surface area contributed by atoms with Gasteiger partial charge in [0.1, 0.15) is 23.3 Å². The van der Waals surface area contributed by atoms with E-state index in [2.05, 4.69) is 16.3 Å². The number of nitrogens with zero attached hydrogens (tertiary/aromatic N) is 6. The van der Waals surface area contributed by atoms with Crippen LogP contribution < -0.4 is 9.80 Å². The Bertz CT molecular complexity index is 1160. The number of aryl methyl sites for hydroxylation is 1. The van der Waals surface area contributed by atoms with Crippen LogP contribution in [-0.2, 0) is 11.3 Å². The van der Waals surface area contributed by atoms with E-state index < -0.39 is 0 Å². The van der Waals surface area contributed by atoms with Crippen molar-refractivity contribution in [2.24, 2.45) is 0 Å². The first-order valence-electron chi connectivity index (χ1n) is 9.82. The Hall–Kier alpha value is -3.57. The molecule has 3 aromatic rings. The summed E-state index contributed by atoms with van der Waals surface area (Å²) in [5, 5.41) is 18.9. The molecule has 1 aliphatic rings. The molecule has 0 atom stereocenters. The fraction of sp³-hybridized carbons (Fsp3) is 0.217. The summed E-state index contributed by atoms with van der Waals surface area (Å²) in [4.78, 5) is 16.8. The van der Waals surface area contributed by atoms with Gasteiger partial charge in [0.2, 0.25) is 0 Å². The summed E-state index contributed by atoms with van der Waals surface area (Å²) in [5.74, 6) is 1.25. The molecule has 2 heterocycles. The van der Waals surface area contributed by atoms with Gasteiger partial charge in [0.25, 0.3) is 0 Å². The first-order valence-corrected chi connectivity index (χ1v) is 10.8. The Labute approximate surface area is 185 Å². The molecule has 0 radical (unpaired) electrons. The lowest BCUT2D eigenvalue weighted by Gasteiger charge is -2.19. The Balaban J connectivity index is 1.54. The van der Waals surface area contributed by atoms with E-state index in [9.17, 15) is 10.1 Å². The van der Waals surface area contributed by atoms with Crippen LogP contribution in [0.4, 0.5) is 11.4 Å². The zero-order chi connectivity index (χ0) is 22.0. The molecule has 0 amide bonds. The molecule has 156 valence electrons. The molecule has 1 aliphatic heterocycles. The molecular weight excluding hydrogens is 408 g/mol. The van der Waals surface area contributed by atoms with Crippen LogP contribution in [0.1, 0.15) is 11.4 Å². The van der Waals surface area contributed by atoms with Gasteiger partial charge in [-0.1, -0.05) is 54.2 Å². The topological polar surface area (TPSA) is 78.0 Å². The quantitative estimate of drug-likeness (QED) is 0.336. The highest BCUT2D eigenvalue weighted by atomic mass is 32.2. The molecule has 7 nitrogen and oxygen atoms in total. The van der Waals surface area contributed by atoms with Gasteiger partial charge in [0, 0.05) is 14.1 Å². The molecule has 0 saturated heterocycles. The number of anilines is 2. The number of thioether (sulfide) groups is 1. The zero-order valence-electron chi connectivity index (χ0n) is 17.6. The average molecular weight is 431 g/mol. The second-order valence-electron chi connectivity index (χ2n) is 7.23. The Morgan fingerprint density at radius 2 is 1.61 bits per heavy atom. The summed E-state index contributed by atoms with van der Waals surface area (Å²) in [6.45, 7) is 2.52. The van der Waals surface area contributed by atoms with Crippen LogP contribution >= 0.6 is 11.8 Å². The van der Waals surface area contributed by atoms with Crippen molar-refractivity contribution >= 4 is 28.9 Å². The van der Waals surface area contributed by atoms with Gasteiger partial charge >= 0.3 is 0 Å². The fourth-order valence-electron chi connectivity index (χ4n) is 3.68. The number of ketones is 1. The summed E-state index contributed by atoms with van der Waals surface area (Å²) >= 11 is 1.30. The van der Waals surface area contributed by atoms with Crippen molar-refractivity contribution in [1.82, 2.24) is 14.8 Å². The third-order valence-corrected chi connectivity index (χ3v) is 6.24. The van der Waals surface area contributed by atoms with Crippen LogP contribution in [0.2, 0.25) is 0 Å². The predicted octanol–water partition coefficient (Wildman–Crippen LogP) is 3.62. The van der Waals surface area contributed by atoms with Gasteiger partial charge in [-0.2, -0.15) is 5.26 Å². The number of carbonyl (C=O) groups excluding carboxylic acids is 1. The number of rotatable bonds is 6. The number of allylic oxidation sites excluding steroid dienone is 1. The summed E-state index contributed by atoms with van der Waals surface area (Å²) in [6.07, 6.45) is 0. The van der Waals surface area contributed by atoms with Crippen molar-refractivity contribution in [2.45, 2.75) is 18.6 Å². The van der Waals surface area contributed by atoms with E-state index in [1.165, 1.54) is 11.8 Å². The number of carbonyl (C=O) groups is 1. The van der Waals surface area contributed by atoms with Crippen molar-refractivity contribution < 1.29 is 4.79 Å². The van der Waals surface area contributed by atoms with E-state index in [1.54, 1.807) is 0 Å². The summed E-state index contributed by atoms with van der Waals surface area (Å²) in [6, 6.07) is 20.0. The number of hydrogen-bond donors (Lipinski definition) is 0. The molecule has 0 unspecified atom stereocenters. The molecule has 2 aromatic carbocycles. The number of benzene rings is 2. The smallest absolute Gasteiger partial charge is 0.191 e. The van der Waals surface area contributed by atoms with Crippen molar-refractivity contribution in [1.29, 1.82) is 5.26 Å². The maximum absolute atomic E-state index is 13.0. The van der Waals surface area contributed by atoms with E-state index in [-0.39, 0.29) is 17.1 Å². The number of aromatic nitrogens is 3. The molecule has 0 fully saturated rings. The monoisotopic (exact) mass is 430 g/mol. The number of nitriles is 1. The first kappa shape index (κ1) is 20.7. The number of para-hydroxylation sites is 2. The van der Waals surface area contributed by atoms with Crippen LogP contribution in [0.25, 0.3) is 0 Å². The van der Waals surface area contributed by atoms with E-state index in [4.69, 9.17) is 0 Å². The lowest BCUT2D eigenvalue weighted by molar-refractivity contribution is -0.112. The lowest BCUT2D eigenvalue weighted by Crippen LogP contribution is -2.26. The zero-order valence-corrected chi connectivity index (χ0v) is 18.4. The van der Waals surface area contributed by atoms with Gasteiger partial charge < -0.3 is 14.4 Å². The summed E-state index contributed by atoms with van der Waals surface area (Å²) in [5.41, 5.74) is 3.20. The maximum atomic E-state index is 13.0. The Kier molecular flexibility index (Phi) is 5.78. The number of fused-ring (bicyclic) bond motifs is 1.